The van der Waals surface area contributed by atoms with Gasteiger partial charge in [0.05, 0.1) is 11.8 Å². The third-order valence-electron chi connectivity index (χ3n) is 6.24. The van der Waals surface area contributed by atoms with Crippen molar-refractivity contribution in [2.75, 3.05) is 23.8 Å². The molecule has 0 saturated carbocycles. The number of ether oxygens (including phenoxy) is 1. The van der Waals surface area contributed by atoms with Crippen LogP contribution in [-0.4, -0.2) is 46.5 Å². The van der Waals surface area contributed by atoms with Crippen LogP contribution in [0.1, 0.15) is 55.7 Å². The van der Waals surface area contributed by atoms with Crippen molar-refractivity contribution < 1.29 is 24.2 Å². The molecule has 1 saturated heterocycles. The van der Waals surface area contributed by atoms with Gasteiger partial charge in [-0.15, -0.1) is 0 Å². The number of aromatic hydroxyl groups is 1. The van der Waals surface area contributed by atoms with E-state index in [1.807, 2.05) is 26.0 Å². The molecule has 0 aliphatic carbocycles. The van der Waals surface area contributed by atoms with Gasteiger partial charge in [0.2, 0.25) is 5.91 Å². The van der Waals surface area contributed by atoms with E-state index in [1.165, 1.54) is 17.0 Å². The molecule has 2 aromatic carbocycles. The summed E-state index contributed by atoms with van der Waals surface area (Å²) in [5, 5.41) is 12.8. The normalized spacial score (nSPS) is 15.8. The summed E-state index contributed by atoms with van der Waals surface area (Å²) >= 11 is 0.747. The Kier molecular flexibility index (Phi) is 7.74. The molecule has 3 amide bonds. The molecule has 2 atom stereocenters. The van der Waals surface area contributed by atoms with Crippen molar-refractivity contribution in [3.8, 4) is 5.75 Å². The maximum Gasteiger partial charge on any atom is 0.273 e. The summed E-state index contributed by atoms with van der Waals surface area (Å²) in [7, 11) is 0. The number of nitrogens with two attached hydrogens (primary N) is 2. The Morgan fingerprint density at radius 2 is 1.95 bits per heavy atom. The highest BCUT2D eigenvalue weighted by Crippen LogP contribution is 2.35. The molecule has 10 nitrogen and oxygen atoms in total. The molecule has 1 aromatic heterocycles. The van der Waals surface area contributed by atoms with Crippen LogP contribution in [0.15, 0.2) is 42.5 Å². The maximum atomic E-state index is 14.1. The van der Waals surface area contributed by atoms with Gasteiger partial charge in [-0.25, -0.2) is 0 Å². The number of hydrogen-bond donors (Lipinski definition) is 4. The van der Waals surface area contributed by atoms with E-state index >= 15 is 0 Å². The maximum absolute atomic E-state index is 14.1. The number of anilines is 2. The molecule has 1 aliphatic heterocycles. The topological polar surface area (TPSA) is 161 Å². The van der Waals surface area contributed by atoms with Crippen LogP contribution in [0, 0.1) is 13.8 Å². The van der Waals surface area contributed by atoms with Crippen LogP contribution in [0.3, 0.4) is 0 Å². The van der Waals surface area contributed by atoms with E-state index in [0.29, 0.717) is 17.9 Å². The summed E-state index contributed by atoms with van der Waals surface area (Å²) in [6.45, 7) is 4.64. The molecule has 3 aromatic rings. The number of aryl methyl sites for hydroxylation is 2. The lowest BCUT2D eigenvalue weighted by Gasteiger charge is -2.33. The van der Waals surface area contributed by atoms with E-state index in [9.17, 15) is 19.5 Å². The van der Waals surface area contributed by atoms with Crippen molar-refractivity contribution >= 4 is 40.6 Å². The lowest BCUT2D eigenvalue weighted by Crippen LogP contribution is -2.46. The number of nitrogen functional groups attached to an aromatic ring is 1. The van der Waals surface area contributed by atoms with Crippen molar-refractivity contribution in [2.24, 2.45) is 5.73 Å². The van der Waals surface area contributed by atoms with Crippen molar-refractivity contribution in [1.29, 1.82) is 0 Å². The number of carbonyl (C=O) groups is 3. The van der Waals surface area contributed by atoms with Crippen molar-refractivity contribution in [1.82, 2.24) is 9.69 Å². The van der Waals surface area contributed by atoms with Crippen LogP contribution in [0.25, 0.3) is 0 Å². The SMILES string of the molecule is Cc1ccc(C)c(N(C(=O)c2snc(C(N)=O)c2N)C(C(=O)NCC2CCCO2)c2ccc(O)cc2)c1. The first-order chi connectivity index (χ1) is 17.7. The average Bonchev–Trinajstić information content (AvgIpc) is 3.53. The predicted octanol–water partition coefficient (Wildman–Crippen LogP) is 2.83. The fourth-order valence-electron chi connectivity index (χ4n) is 4.27. The molecule has 194 valence electrons. The van der Waals surface area contributed by atoms with Gasteiger partial charge in [0.15, 0.2) is 5.69 Å². The first kappa shape index (κ1) is 26.1. The zero-order chi connectivity index (χ0) is 26.7. The number of benzene rings is 2. The highest BCUT2D eigenvalue weighted by Gasteiger charge is 2.37. The molecule has 2 unspecified atom stereocenters. The molecular weight excluding hydrogens is 494 g/mol. The first-order valence-electron chi connectivity index (χ1n) is 11.8. The lowest BCUT2D eigenvalue weighted by molar-refractivity contribution is -0.123. The minimum atomic E-state index is -1.13. The fraction of sp³-hybridized carbons (Fsp3) is 0.308. The van der Waals surface area contributed by atoms with E-state index in [4.69, 9.17) is 16.2 Å². The number of phenols is 1. The van der Waals surface area contributed by atoms with Crippen molar-refractivity contribution in [3.05, 3.63) is 69.7 Å². The quantitative estimate of drug-likeness (QED) is 0.353. The van der Waals surface area contributed by atoms with Crippen molar-refractivity contribution in [2.45, 2.75) is 38.8 Å². The molecule has 0 bridgehead atoms. The Morgan fingerprint density at radius 3 is 2.57 bits per heavy atom. The zero-order valence-corrected chi connectivity index (χ0v) is 21.4. The Bertz CT molecular complexity index is 1320. The van der Waals surface area contributed by atoms with Gasteiger partial charge in [0, 0.05) is 18.8 Å². The molecule has 1 aliphatic rings. The number of aromatic nitrogens is 1. The number of rotatable bonds is 8. The Labute approximate surface area is 218 Å². The van der Waals surface area contributed by atoms with Gasteiger partial charge in [-0.05, 0) is 73.1 Å². The molecule has 11 heteroatoms. The van der Waals surface area contributed by atoms with Gasteiger partial charge in [-0.2, -0.15) is 4.37 Å². The molecule has 4 rings (SSSR count). The highest BCUT2D eigenvalue weighted by atomic mass is 32.1. The molecule has 37 heavy (non-hydrogen) atoms. The molecule has 1 fully saturated rings. The van der Waals surface area contributed by atoms with Crippen LogP contribution < -0.4 is 21.7 Å². The lowest BCUT2D eigenvalue weighted by atomic mass is 10.00. The van der Waals surface area contributed by atoms with Crippen molar-refractivity contribution in [3.63, 3.8) is 0 Å². The zero-order valence-electron chi connectivity index (χ0n) is 20.6. The van der Waals surface area contributed by atoms with Crippen LogP contribution in [0.4, 0.5) is 11.4 Å². The molecule has 0 radical (unpaired) electrons. The number of phenolic OH excluding ortho intramolecular Hbond substituents is 1. The first-order valence-corrected chi connectivity index (χ1v) is 12.6. The van der Waals surface area contributed by atoms with E-state index in [0.717, 1.165) is 35.5 Å². The van der Waals surface area contributed by atoms with Gasteiger partial charge in [-0.3, -0.25) is 19.3 Å². The van der Waals surface area contributed by atoms with Gasteiger partial charge in [0.1, 0.15) is 16.7 Å². The number of hydrogen-bond acceptors (Lipinski definition) is 8. The third-order valence-corrected chi connectivity index (χ3v) is 7.09. The molecule has 0 spiro atoms. The van der Waals surface area contributed by atoms with Gasteiger partial charge < -0.3 is 26.6 Å². The van der Waals surface area contributed by atoms with E-state index in [-0.39, 0.29) is 34.7 Å². The summed E-state index contributed by atoms with van der Waals surface area (Å²) in [5.41, 5.74) is 13.7. The van der Waals surface area contributed by atoms with Gasteiger partial charge in [-0.1, -0.05) is 24.3 Å². The average molecular weight is 524 g/mol. The summed E-state index contributed by atoms with van der Waals surface area (Å²) in [5.74, 6) is -1.88. The number of carbonyl (C=O) groups excluding carboxylic acids is 3. The van der Waals surface area contributed by atoms with E-state index in [2.05, 4.69) is 9.69 Å². The Hall–Kier alpha value is -3.96. The minimum Gasteiger partial charge on any atom is -0.508 e. The number of nitrogens with zero attached hydrogens (tertiary/aromatic N) is 2. The molecule has 2 heterocycles. The number of primary amides is 1. The summed E-state index contributed by atoms with van der Waals surface area (Å²) in [6.07, 6.45) is 1.64. The summed E-state index contributed by atoms with van der Waals surface area (Å²) in [6, 6.07) is 10.5. The summed E-state index contributed by atoms with van der Waals surface area (Å²) in [4.78, 5) is 41.0. The second-order valence-electron chi connectivity index (χ2n) is 8.98. The minimum absolute atomic E-state index is 0.00888. The largest absolute Gasteiger partial charge is 0.508 e. The second kappa shape index (κ2) is 11.0. The monoisotopic (exact) mass is 523 g/mol. The summed E-state index contributed by atoms with van der Waals surface area (Å²) < 4.78 is 9.62. The van der Waals surface area contributed by atoms with Crippen LogP contribution in [0.2, 0.25) is 0 Å². The second-order valence-corrected chi connectivity index (χ2v) is 9.75. The van der Waals surface area contributed by atoms with Gasteiger partial charge in [0.25, 0.3) is 11.8 Å². The smallest absolute Gasteiger partial charge is 0.273 e. The van der Waals surface area contributed by atoms with Gasteiger partial charge >= 0.3 is 0 Å². The number of nitrogens with one attached hydrogen (secondary N) is 1. The van der Waals surface area contributed by atoms with E-state index in [1.54, 1.807) is 18.2 Å². The molecule has 6 N–H and O–H groups in total. The van der Waals surface area contributed by atoms with Crippen LogP contribution in [-0.2, 0) is 9.53 Å². The number of amides is 3. The Morgan fingerprint density at radius 1 is 1.22 bits per heavy atom. The third kappa shape index (κ3) is 5.57. The van der Waals surface area contributed by atoms with E-state index < -0.39 is 23.8 Å². The molecular formula is C26H29N5O5S. The Balaban J connectivity index is 1.84. The fourth-order valence-corrected chi connectivity index (χ4v) is 5.02. The van der Waals surface area contributed by atoms with Crippen LogP contribution >= 0.6 is 11.5 Å². The predicted molar refractivity (Wildman–Crippen MR) is 141 cm³/mol. The standard InChI is InChI=1S/C26H29N5O5S/c1-14-5-6-15(2)19(12-14)31(26(35)23-20(27)21(24(28)33)30-37-23)22(16-7-9-17(32)10-8-16)25(34)29-13-18-4-3-11-36-18/h5-10,12,18,22,32H,3-4,11,13,27H2,1-2H3,(H2,28,33)(H,29,34). The van der Waals surface area contributed by atoms with Crippen LogP contribution in [0.5, 0.6) is 5.75 Å². The highest BCUT2D eigenvalue weighted by molar-refractivity contribution is 7.09.